The van der Waals surface area contributed by atoms with E-state index in [9.17, 15) is 14.7 Å². The number of esters is 2. The van der Waals surface area contributed by atoms with Gasteiger partial charge in [0.15, 0.2) is 0 Å². The first kappa shape index (κ1) is 35.9. The molecule has 0 aromatic heterocycles. The van der Waals surface area contributed by atoms with Crippen LogP contribution in [0.1, 0.15) is 163 Å². The van der Waals surface area contributed by atoms with E-state index in [1.807, 2.05) is 0 Å². The summed E-state index contributed by atoms with van der Waals surface area (Å²) in [7, 11) is 0. The van der Waals surface area contributed by atoms with E-state index in [4.69, 9.17) is 9.47 Å². The highest BCUT2D eigenvalue weighted by atomic mass is 16.6. The van der Waals surface area contributed by atoms with Gasteiger partial charge in [-0.1, -0.05) is 137 Å². The molecule has 0 bridgehead atoms. The van der Waals surface area contributed by atoms with E-state index >= 15 is 0 Å². The van der Waals surface area contributed by atoms with Gasteiger partial charge >= 0.3 is 11.9 Å². The molecule has 0 unspecified atom stereocenters. The van der Waals surface area contributed by atoms with Gasteiger partial charge in [-0.2, -0.15) is 0 Å². The SMILES string of the molecule is CC(C)CCCCCCCCCCCC(=O)OC[C@@H](O)COC(=O)CCCCCCCCCCC(C)C. The number of rotatable bonds is 27. The summed E-state index contributed by atoms with van der Waals surface area (Å²) in [4.78, 5) is 23.7. The van der Waals surface area contributed by atoms with Crippen LogP contribution < -0.4 is 0 Å². The van der Waals surface area contributed by atoms with E-state index in [1.165, 1.54) is 83.5 Å². The Morgan fingerprint density at radius 2 is 0.757 bits per heavy atom. The second kappa shape index (κ2) is 26.5. The van der Waals surface area contributed by atoms with Gasteiger partial charge in [-0.3, -0.25) is 9.59 Å². The van der Waals surface area contributed by atoms with Crippen molar-refractivity contribution in [3.05, 3.63) is 0 Å². The molecule has 0 aliphatic rings. The minimum atomic E-state index is -0.955. The van der Waals surface area contributed by atoms with Crippen molar-refractivity contribution in [3.8, 4) is 0 Å². The van der Waals surface area contributed by atoms with Gasteiger partial charge in [0.05, 0.1) is 0 Å². The molecule has 0 rings (SSSR count). The summed E-state index contributed by atoms with van der Waals surface area (Å²) >= 11 is 0. The number of hydrogen-bond donors (Lipinski definition) is 1. The number of aliphatic hydroxyl groups is 1. The third-order valence-corrected chi connectivity index (χ3v) is 6.95. The van der Waals surface area contributed by atoms with Crippen molar-refractivity contribution in [1.29, 1.82) is 0 Å². The summed E-state index contributed by atoms with van der Waals surface area (Å²) in [5.74, 6) is 1.07. The van der Waals surface area contributed by atoms with Gasteiger partial charge < -0.3 is 14.6 Å². The number of carbonyl (C=O) groups excluding carboxylic acids is 2. The lowest BCUT2D eigenvalue weighted by atomic mass is 10.0. The summed E-state index contributed by atoms with van der Waals surface area (Å²) in [6.45, 7) is 8.91. The van der Waals surface area contributed by atoms with Gasteiger partial charge in [-0.05, 0) is 24.7 Å². The number of unbranched alkanes of at least 4 members (excludes halogenated alkanes) is 15. The average molecular weight is 527 g/mol. The van der Waals surface area contributed by atoms with E-state index in [-0.39, 0.29) is 25.2 Å². The topological polar surface area (TPSA) is 72.8 Å². The van der Waals surface area contributed by atoms with Crippen LogP contribution in [0.3, 0.4) is 0 Å². The van der Waals surface area contributed by atoms with Crippen molar-refractivity contribution in [2.45, 2.75) is 169 Å². The Labute approximate surface area is 229 Å². The summed E-state index contributed by atoms with van der Waals surface area (Å²) < 4.78 is 10.3. The van der Waals surface area contributed by atoms with E-state index < -0.39 is 6.10 Å². The van der Waals surface area contributed by atoms with Crippen LogP contribution in [-0.4, -0.2) is 36.4 Å². The Balaban J connectivity index is 3.44. The lowest BCUT2D eigenvalue weighted by molar-refractivity contribution is -0.152. The maximum absolute atomic E-state index is 11.9. The van der Waals surface area contributed by atoms with Crippen molar-refractivity contribution in [2.75, 3.05) is 13.2 Å². The Kier molecular flexibility index (Phi) is 25.7. The van der Waals surface area contributed by atoms with Gasteiger partial charge in [-0.15, -0.1) is 0 Å². The van der Waals surface area contributed by atoms with Crippen molar-refractivity contribution >= 4 is 11.9 Å². The first-order valence-corrected chi connectivity index (χ1v) is 15.8. The summed E-state index contributed by atoms with van der Waals surface area (Å²) in [5, 5.41) is 9.93. The van der Waals surface area contributed by atoms with Crippen molar-refractivity contribution < 1.29 is 24.2 Å². The van der Waals surface area contributed by atoms with E-state index in [1.54, 1.807) is 0 Å². The van der Waals surface area contributed by atoms with E-state index in [0.717, 1.165) is 50.4 Å². The molecule has 0 saturated heterocycles. The molecule has 0 saturated carbocycles. The van der Waals surface area contributed by atoms with Crippen LogP contribution >= 0.6 is 0 Å². The molecule has 1 atom stereocenters. The van der Waals surface area contributed by atoms with Gasteiger partial charge in [-0.25, -0.2) is 0 Å². The van der Waals surface area contributed by atoms with Gasteiger partial charge in [0.25, 0.3) is 0 Å². The Bertz CT molecular complexity index is 517. The monoisotopic (exact) mass is 526 g/mol. The highest BCUT2D eigenvalue weighted by Gasteiger charge is 2.12. The molecule has 5 nitrogen and oxygen atoms in total. The molecule has 220 valence electrons. The maximum atomic E-state index is 11.9. The summed E-state index contributed by atoms with van der Waals surface area (Å²) in [6, 6.07) is 0. The van der Waals surface area contributed by atoms with Crippen LogP contribution in [0.2, 0.25) is 0 Å². The molecule has 1 N–H and O–H groups in total. The normalized spacial score (nSPS) is 12.3. The lowest BCUT2D eigenvalue weighted by Crippen LogP contribution is -2.25. The largest absolute Gasteiger partial charge is 0.463 e. The lowest BCUT2D eigenvalue weighted by Gasteiger charge is -2.12. The van der Waals surface area contributed by atoms with Crippen molar-refractivity contribution in [1.82, 2.24) is 0 Å². The van der Waals surface area contributed by atoms with Crippen LogP contribution in [0.5, 0.6) is 0 Å². The Hall–Kier alpha value is -1.10. The average Bonchev–Trinajstić information content (AvgIpc) is 2.85. The number of aliphatic hydroxyl groups excluding tert-OH is 1. The molecule has 0 aromatic carbocycles. The van der Waals surface area contributed by atoms with Crippen molar-refractivity contribution in [2.24, 2.45) is 11.8 Å². The van der Waals surface area contributed by atoms with Crippen LogP contribution in [0.4, 0.5) is 0 Å². The first-order valence-electron chi connectivity index (χ1n) is 15.8. The molecule has 0 amide bonds. The zero-order valence-electron chi connectivity index (χ0n) is 25.1. The maximum Gasteiger partial charge on any atom is 0.305 e. The van der Waals surface area contributed by atoms with Gasteiger partial charge in [0.2, 0.25) is 0 Å². The third kappa shape index (κ3) is 29.3. The predicted octanol–water partition coefficient (Wildman–Crippen LogP) is 8.94. The fourth-order valence-electron chi connectivity index (χ4n) is 4.51. The quantitative estimate of drug-likeness (QED) is 0.0854. The highest BCUT2D eigenvalue weighted by Crippen LogP contribution is 2.14. The minimum Gasteiger partial charge on any atom is -0.463 e. The Morgan fingerprint density at radius 1 is 0.486 bits per heavy atom. The van der Waals surface area contributed by atoms with Crippen LogP contribution in [0, 0.1) is 11.8 Å². The molecular weight excluding hydrogens is 464 g/mol. The molecule has 0 aromatic rings. The smallest absolute Gasteiger partial charge is 0.305 e. The van der Waals surface area contributed by atoms with E-state index in [2.05, 4.69) is 27.7 Å². The molecule has 0 radical (unpaired) electrons. The molecule has 0 fully saturated rings. The van der Waals surface area contributed by atoms with Crippen molar-refractivity contribution in [3.63, 3.8) is 0 Å². The minimum absolute atomic E-state index is 0.111. The zero-order valence-corrected chi connectivity index (χ0v) is 25.1. The van der Waals surface area contributed by atoms with E-state index in [0.29, 0.717) is 12.8 Å². The zero-order chi connectivity index (χ0) is 27.6. The summed E-state index contributed by atoms with van der Waals surface area (Å²) in [5.41, 5.74) is 0. The summed E-state index contributed by atoms with van der Waals surface area (Å²) in [6.07, 6.45) is 23.0. The molecule has 0 aliphatic heterocycles. The fourth-order valence-corrected chi connectivity index (χ4v) is 4.51. The number of hydrogen-bond acceptors (Lipinski definition) is 5. The fraction of sp³-hybridized carbons (Fsp3) is 0.938. The van der Waals surface area contributed by atoms with Gasteiger partial charge in [0.1, 0.15) is 19.3 Å². The molecule has 37 heavy (non-hydrogen) atoms. The van der Waals surface area contributed by atoms with Crippen LogP contribution in [0.15, 0.2) is 0 Å². The number of ether oxygens (including phenoxy) is 2. The second-order valence-electron chi connectivity index (χ2n) is 11.9. The molecule has 5 heteroatoms. The Morgan fingerprint density at radius 3 is 1.05 bits per heavy atom. The molecule has 0 spiro atoms. The number of carbonyl (C=O) groups is 2. The standard InChI is InChI=1S/C32H62O5/c1-28(2)22-18-14-10-6-5-7-12-16-20-24-31(34)36-26-30(33)27-37-32(35)25-21-17-13-9-8-11-15-19-23-29(3)4/h28-30,33H,5-27H2,1-4H3/t30-/m1/s1. The predicted molar refractivity (Wildman–Crippen MR) is 155 cm³/mol. The van der Waals surface area contributed by atoms with Crippen LogP contribution in [0.25, 0.3) is 0 Å². The molecule has 0 heterocycles. The van der Waals surface area contributed by atoms with Crippen LogP contribution in [-0.2, 0) is 19.1 Å². The first-order chi connectivity index (χ1) is 17.8. The molecule has 0 aliphatic carbocycles. The van der Waals surface area contributed by atoms with Gasteiger partial charge in [0, 0.05) is 12.8 Å². The third-order valence-electron chi connectivity index (χ3n) is 6.95. The molecular formula is C32H62O5. The second-order valence-corrected chi connectivity index (χ2v) is 11.9. The highest BCUT2D eigenvalue weighted by molar-refractivity contribution is 5.69.